The first kappa shape index (κ1) is 17.7. The summed E-state index contributed by atoms with van der Waals surface area (Å²) in [6.07, 6.45) is 0. The Hall–Kier alpha value is -2.12. The average Bonchev–Trinajstić information content (AvgIpc) is 2.60. The number of hydrogen-bond donors (Lipinski definition) is 1. The van der Waals surface area contributed by atoms with Crippen LogP contribution in [-0.4, -0.2) is 34.7 Å². The molecule has 134 valence electrons. The first-order valence-corrected chi connectivity index (χ1v) is 9.57. The summed E-state index contributed by atoms with van der Waals surface area (Å²) in [7, 11) is -3.86. The Morgan fingerprint density at radius 3 is 2.44 bits per heavy atom. The highest BCUT2D eigenvalue weighted by atomic mass is 32.2. The predicted octanol–water partition coefficient (Wildman–Crippen LogP) is 3.08. The number of aryl methyl sites for hydroxylation is 2. The second kappa shape index (κ2) is 7.01. The first-order chi connectivity index (χ1) is 11.9. The number of rotatable bonds is 4. The Bertz CT molecular complexity index is 878. The SMILES string of the molecule is Cc1ccc(S(=O)(=O)Nc2cc(N3CCOCC3)ccc2F)cc1C. The van der Waals surface area contributed by atoms with Crippen LogP contribution >= 0.6 is 0 Å². The molecule has 1 aliphatic heterocycles. The number of ether oxygens (including phenoxy) is 1. The molecule has 1 saturated heterocycles. The van der Waals surface area contributed by atoms with E-state index in [-0.39, 0.29) is 10.6 Å². The number of nitrogens with zero attached hydrogens (tertiary/aromatic N) is 1. The quantitative estimate of drug-likeness (QED) is 0.906. The summed E-state index contributed by atoms with van der Waals surface area (Å²) < 4.78 is 47.0. The van der Waals surface area contributed by atoms with Crippen molar-refractivity contribution in [2.75, 3.05) is 35.9 Å². The molecule has 0 saturated carbocycles. The maximum atomic E-state index is 14.2. The molecule has 3 rings (SSSR count). The summed E-state index contributed by atoms with van der Waals surface area (Å²) in [6, 6.07) is 9.30. The standard InChI is InChI=1S/C18H21FN2O3S/c1-13-3-5-16(11-14(13)2)25(22,23)20-18-12-15(4-6-17(18)19)21-7-9-24-10-8-21/h3-6,11-12,20H,7-10H2,1-2H3. The van der Waals surface area contributed by atoms with Gasteiger partial charge in [-0.15, -0.1) is 0 Å². The van der Waals surface area contributed by atoms with E-state index in [2.05, 4.69) is 4.72 Å². The molecule has 25 heavy (non-hydrogen) atoms. The lowest BCUT2D eigenvalue weighted by molar-refractivity contribution is 0.122. The highest BCUT2D eigenvalue weighted by Gasteiger charge is 2.19. The van der Waals surface area contributed by atoms with E-state index >= 15 is 0 Å². The zero-order valence-corrected chi connectivity index (χ0v) is 15.1. The number of sulfonamides is 1. The second-order valence-corrected chi connectivity index (χ2v) is 7.80. The zero-order valence-electron chi connectivity index (χ0n) is 14.3. The van der Waals surface area contributed by atoms with Crippen LogP contribution < -0.4 is 9.62 Å². The maximum absolute atomic E-state index is 14.2. The maximum Gasteiger partial charge on any atom is 0.261 e. The van der Waals surface area contributed by atoms with Crippen LogP contribution in [0.4, 0.5) is 15.8 Å². The number of morpholine rings is 1. The molecule has 1 N–H and O–H groups in total. The van der Waals surface area contributed by atoms with Gasteiger partial charge in [0, 0.05) is 18.8 Å². The summed E-state index contributed by atoms with van der Waals surface area (Å²) in [5, 5.41) is 0. The van der Waals surface area contributed by atoms with Gasteiger partial charge in [-0.25, -0.2) is 12.8 Å². The molecule has 1 fully saturated rings. The van der Waals surface area contributed by atoms with Crippen LogP contribution in [0.2, 0.25) is 0 Å². The van der Waals surface area contributed by atoms with Crippen LogP contribution in [0.1, 0.15) is 11.1 Å². The lowest BCUT2D eigenvalue weighted by Gasteiger charge is -2.29. The monoisotopic (exact) mass is 364 g/mol. The molecule has 1 aliphatic rings. The minimum atomic E-state index is -3.86. The first-order valence-electron chi connectivity index (χ1n) is 8.09. The van der Waals surface area contributed by atoms with E-state index < -0.39 is 15.8 Å². The summed E-state index contributed by atoms with van der Waals surface area (Å²) in [6.45, 7) is 6.32. The van der Waals surface area contributed by atoms with Crippen LogP contribution in [0.3, 0.4) is 0 Å². The van der Waals surface area contributed by atoms with Gasteiger partial charge in [0.25, 0.3) is 10.0 Å². The van der Waals surface area contributed by atoms with Gasteiger partial charge in [0.2, 0.25) is 0 Å². The van der Waals surface area contributed by atoms with Gasteiger partial charge in [0.05, 0.1) is 23.8 Å². The molecule has 0 aliphatic carbocycles. The van der Waals surface area contributed by atoms with Gasteiger partial charge >= 0.3 is 0 Å². The van der Waals surface area contributed by atoms with E-state index in [0.717, 1.165) is 16.8 Å². The van der Waals surface area contributed by atoms with E-state index in [0.29, 0.717) is 26.3 Å². The van der Waals surface area contributed by atoms with Crippen molar-refractivity contribution >= 4 is 21.4 Å². The molecule has 0 aromatic heterocycles. The van der Waals surface area contributed by atoms with Crippen molar-refractivity contribution < 1.29 is 17.5 Å². The third-order valence-corrected chi connectivity index (χ3v) is 5.72. The van der Waals surface area contributed by atoms with Crippen LogP contribution in [-0.2, 0) is 14.8 Å². The fourth-order valence-electron chi connectivity index (χ4n) is 2.69. The predicted molar refractivity (Wildman–Crippen MR) is 96.2 cm³/mol. The van der Waals surface area contributed by atoms with Crippen molar-refractivity contribution in [3.05, 3.63) is 53.3 Å². The normalized spacial score (nSPS) is 15.2. The van der Waals surface area contributed by atoms with Gasteiger partial charge in [0.1, 0.15) is 5.82 Å². The lowest BCUT2D eigenvalue weighted by Crippen LogP contribution is -2.36. The highest BCUT2D eigenvalue weighted by Crippen LogP contribution is 2.26. The van der Waals surface area contributed by atoms with Crippen molar-refractivity contribution in [2.24, 2.45) is 0 Å². The van der Waals surface area contributed by atoms with Crippen molar-refractivity contribution in [2.45, 2.75) is 18.7 Å². The lowest BCUT2D eigenvalue weighted by atomic mass is 10.1. The van der Waals surface area contributed by atoms with E-state index in [4.69, 9.17) is 4.74 Å². The van der Waals surface area contributed by atoms with Crippen molar-refractivity contribution in [3.63, 3.8) is 0 Å². The minimum absolute atomic E-state index is 0.0535. The Balaban J connectivity index is 1.89. The molecule has 0 unspecified atom stereocenters. The van der Waals surface area contributed by atoms with E-state index in [1.807, 2.05) is 18.7 Å². The Morgan fingerprint density at radius 1 is 1.04 bits per heavy atom. The number of halogens is 1. The van der Waals surface area contributed by atoms with Crippen LogP contribution in [0.5, 0.6) is 0 Å². The molecular weight excluding hydrogens is 343 g/mol. The van der Waals surface area contributed by atoms with Crippen molar-refractivity contribution in [3.8, 4) is 0 Å². The number of anilines is 2. The van der Waals surface area contributed by atoms with Gasteiger partial charge in [-0.05, 0) is 55.3 Å². The zero-order chi connectivity index (χ0) is 18.0. The molecule has 0 atom stereocenters. The van der Waals surface area contributed by atoms with Crippen LogP contribution in [0.25, 0.3) is 0 Å². The van der Waals surface area contributed by atoms with Gasteiger partial charge in [-0.2, -0.15) is 0 Å². The molecule has 0 amide bonds. The molecular formula is C18H21FN2O3S. The highest BCUT2D eigenvalue weighted by molar-refractivity contribution is 7.92. The van der Waals surface area contributed by atoms with Gasteiger partial charge in [0.15, 0.2) is 0 Å². The summed E-state index contributed by atoms with van der Waals surface area (Å²) in [4.78, 5) is 2.16. The van der Waals surface area contributed by atoms with Crippen LogP contribution in [0, 0.1) is 19.7 Å². The third-order valence-electron chi connectivity index (χ3n) is 4.36. The summed E-state index contributed by atoms with van der Waals surface area (Å²) in [5.41, 5.74) is 2.58. The van der Waals surface area contributed by atoms with E-state index in [9.17, 15) is 12.8 Å². The number of nitrogens with one attached hydrogen (secondary N) is 1. The summed E-state index contributed by atoms with van der Waals surface area (Å²) in [5.74, 6) is -0.607. The van der Waals surface area contributed by atoms with Crippen molar-refractivity contribution in [1.82, 2.24) is 0 Å². The molecule has 2 aromatic rings. The Morgan fingerprint density at radius 2 is 1.76 bits per heavy atom. The smallest absolute Gasteiger partial charge is 0.261 e. The Kier molecular flexibility index (Phi) is 4.96. The third kappa shape index (κ3) is 3.93. The second-order valence-electron chi connectivity index (χ2n) is 6.12. The number of benzene rings is 2. The van der Waals surface area contributed by atoms with Crippen molar-refractivity contribution in [1.29, 1.82) is 0 Å². The molecule has 0 radical (unpaired) electrons. The molecule has 7 heteroatoms. The fourth-order valence-corrected chi connectivity index (χ4v) is 3.84. The van der Waals surface area contributed by atoms with E-state index in [1.165, 1.54) is 18.2 Å². The molecule has 5 nitrogen and oxygen atoms in total. The van der Waals surface area contributed by atoms with Gasteiger partial charge in [-0.1, -0.05) is 6.07 Å². The molecule has 2 aromatic carbocycles. The molecule has 1 heterocycles. The summed E-state index contributed by atoms with van der Waals surface area (Å²) >= 11 is 0. The topological polar surface area (TPSA) is 58.6 Å². The number of hydrogen-bond acceptors (Lipinski definition) is 4. The minimum Gasteiger partial charge on any atom is -0.378 e. The largest absolute Gasteiger partial charge is 0.378 e. The van der Waals surface area contributed by atoms with Gasteiger partial charge in [-0.3, -0.25) is 4.72 Å². The fraction of sp³-hybridized carbons (Fsp3) is 0.333. The molecule has 0 spiro atoms. The Labute approximate surface area is 147 Å². The van der Waals surface area contributed by atoms with Crippen LogP contribution in [0.15, 0.2) is 41.3 Å². The average molecular weight is 364 g/mol. The molecule has 0 bridgehead atoms. The van der Waals surface area contributed by atoms with Gasteiger partial charge < -0.3 is 9.64 Å². The van der Waals surface area contributed by atoms with E-state index in [1.54, 1.807) is 18.2 Å².